The van der Waals surface area contributed by atoms with Crippen molar-refractivity contribution >= 4 is 11.8 Å². The van der Waals surface area contributed by atoms with Gasteiger partial charge in [0.1, 0.15) is 0 Å². The predicted molar refractivity (Wildman–Crippen MR) is 88.3 cm³/mol. The van der Waals surface area contributed by atoms with Crippen molar-refractivity contribution in [2.24, 2.45) is 0 Å². The van der Waals surface area contributed by atoms with Crippen LogP contribution in [0.4, 0.5) is 0 Å². The molecule has 0 radical (unpaired) electrons. The van der Waals surface area contributed by atoms with Crippen molar-refractivity contribution < 1.29 is 9.59 Å². The van der Waals surface area contributed by atoms with E-state index in [0.29, 0.717) is 25.2 Å². The summed E-state index contributed by atoms with van der Waals surface area (Å²) in [6, 6.07) is 0. The SMILES string of the molecule is CCCn1ncc(C(=O)N2CCN(CC(=O)N(C)C)CC2)c1C. The van der Waals surface area contributed by atoms with Crippen LogP contribution in [0.2, 0.25) is 0 Å². The zero-order valence-electron chi connectivity index (χ0n) is 14.6. The molecule has 1 fully saturated rings. The van der Waals surface area contributed by atoms with Gasteiger partial charge in [-0.3, -0.25) is 19.2 Å². The number of hydrogen-bond acceptors (Lipinski definition) is 4. The van der Waals surface area contributed by atoms with Gasteiger partial charge >= 0.3 is 0 Å². The maximum Gasteiger partial charge on any atom is 0.257 e. The summed E-state index contributed by atoms with van der Waals surface area (Å²) >= 11 is 0. The lowest BCUT2D eigenvalue weighted by atomic mass is 10.2. The van der Waals surface area contributed by atoms with Crippen LogP contribution in [0.5, 0.6) is 0 Å². The van der Waals surface area contributed by atoms with E-state index in [1.165, 1.54) is 0 Å². The molecule has 1 aromatic heterocycles. The first-order chi connectivity index (χ1) is 10.9. The molecule has 0 N–H and O–H groups in total. The third kappa shape index (κ3) is 4.10. The molecule has 0 spiro atoms. The molecular formula is C16H27N5O2. The van der Waals surface area contributed by atoms with Gasteiger partial charge in [-0.25, -0.2) is 0 Å². The highest BCUT2D eigenvalue weighted by Crippen LogP contribution is 2.13. The van der Waals surface area contributed by atoms with Gasteiger partial charge in [-0.05, 0) is 13.3 Å². The molecule has 0 atom stereocenters. The molecule has 23 heavy (non-hydrogen) atoms. The number of amides is 2. The maximum absolute atomic E-state index is 12.7. The summed E-state index contributed by atoms with van der Waals surface area (Å²) in [5, 5.41) is 4.30. The molecule has 0 unspecified atom stereocenters. The predicted octanol–water partition coefficient (Wildman–Crippen LogP) is 0.448. The van der Waals surface area contributed by atoms with Crippen molar-refractivity contribution in [2.45, 2.75) is 26.8 Å². The fraction of sp³-hybridized carbons (Fsp3) is 0.688. The smallest absolute Gasteiger partial charge is 0.257 e. The summed E-state index contributed by atoms with van der Waals surface area (Å²) in [5.41, 5.74) is 1.62. The van der Waals surface area contributed by atoms with Crippen LogP contribution < -0.4 is 0 Å². The molecular weight excluding hydrogens is 294 g/mol. The third-order valence-electron chi connectivity index (χ3n) is 4.29. The van der Waals surface area contributed by atoms with Crippen LogP contribution >= 0.6 is 0 Å². The number of carbonyl (C=O) groups is 2. The second kappa shape index (κ2) is 7.59. The van der Waals surface area contributed by atoms with Crippen molar-refractivity contribution in [2.75, 3.05) is 46.8 Å². The molecule has 2 amide bonds. The number of aryl methyl sites for hydroxylation is 1. The molecule has 0 aliphatic carbocycles. The second-order valence-corrected chi connectivity index (χ2v) is 6.22. The van der Waals surface area contributed by atoms with Crippen molar-refractivity contribution in [3.63, 3.8) is 0 Å². The molecule has 128 valence electrons. The lowest BCUT2D eigenvalue weighted by Gasteiger charge is -2.34. The number of carbonyl (C=O) groups excluding carboxylic acids is 2. The van der Waals surface area contributed by atoms with Crippen molar-refractivity contribution in [3.8, 4) is 0 Å². The van der Waals surface area contributed by atoms with Gasteiger partial charge < -0.3 is 9.80 Å². The summed E-state index contributed by atoms with van der Waals surface area (Å²) < 4.78 is 1.89. The second-order valence-electron chi connectivity index (χ2n) is 6.22. The van der Waals surface area contributed by atoms with Crippen LogP contribution in [0.15, 0.2) is 6.20 Å². The summed E-state index contributed by atoms with van der Waals surface area (Å²) in [7, 11) is 3.53. The van der Waals surface area contributed by atoms with E-state index in [9.17, 15) is 9.59 Å². The van der Waals surface area contributed by atoms with Crippen LogP contribution in [0.3, 0.4) is 0 Å². The van der Waals surface area contributed by atoms with E-state index in [1.54, 1.807) is 25.2 Å². The molecule has 1 saturated heterocycles. The molecule has 0 aromatic carbocycles. The molecule has 7 nitrogen and oxygen atoms in total. The largest absolute Gasteiger partial charge is 0.348 e. The van der Waals surface area contributed by atoms with E-state index >= 15 is 0 Å². The first-order valence-electron chi connectivity index (χ1n) is 8.18. The fourth-order valence-corrected chi connectivity index (χ4v) is 2.71. The highest BCUT2D eigenvalue weighted by Gasteiger charge is 2.25. The topological polar surface area (TPSA) is 61.7 Å². The number of rotatable bonds is 5. The summed E-state index contributed by atoms with van der Waals surface area (Å²) in [6.45, 7) is 8.05. The Hall–Kier alpha value is -1.89. The first-order valence-corrected chi connectivity index (χ1v) is 8.18. The van der Waals surface area contributed by atoms with Gasteiger partial charge in [0.2, 0.25) is 5.91 Å². The van der Waals surface area contributed by atoms with Crippen molar-refractivity contribution in [1.82, 2.24) is 24.5 Å². The molecule has 1 aliphatic rings. The Bertz CT molecular complexity index is 559. The van der Waals surface area contributed by atoms with E-state index in [1.807, 2.05) is 16.5 Å². The normalized spacial score (nSPS) is 15.7. The number of likely N-dealkylation sites (N-methyl/N-ethyl adjacent to an activating group) is 1. The van der Waals surface area contributed by atoms with Gasteiger partial charge in [0.05, 0.1) is 18.3 Å². The maximum atomic E-state index is 12.7. The Labute approximate surface area is 137 Å². The van der Waals surface area contributed by atoms with Crippen LogP contribution in [0, 0.1) is 6.92 Å². The highest BCUT2D eigenvalue weighted by molar-refractivity contribution is 5.95. The minimum Gasteiger partial charge on any atom is -0.348 e. The Morgan fingerprint density at radius 3 is 2.43 bits per heavy atom. The fourth-order valence-electron chi connectivity index (χ4n) is 2.71. The van der Waals surface area contributed by atoms with E-state index < -0.39 is 0 Å². The van der Waals surface area contributed by atoms with Gasteiger partial charge in [0.15, 0.2) is 0 Å². The zero-order chi connectivity index (χ0) is 17.0. The molecule has 0 bridgehead atoms. The van der Waals surface area contributed by atoms with E-state index in [-0.39, 0.29) is 11.8 Å². The lowest BCUT2D eigenvalue weighted by Crippen LogP contribution is -2.51. The Balaban J connectivity index is 1.92. The standard InChI is InChI=1S/C16H27N5O2/c1-5-6-21-13(2)14(11-17-21)16(23)20-9-7-19(8-10-20)12-15(22)18(3)4/h11H,5-10,12H2,1-4H3. The van der Waals surface area contributed by atoms with E-state index in [4.69, 9.17) is 0 Å². The lowest BCUT2D eigenvalue weighted by molar-refractivity contribution is -0.130. The first kappa shape index (κ1) is 17.5. The van der Waals surface area contributed by atoms with Gasteiger partial charge in [-0.1, -0.05) is 6.92 Å². The minimum atomic E-state index is 0.0449. The van der Waals surface area contributed by atoms with E-state index in [2.05, 4.69) is 16.9 Å². The van der Waals surface area contributed by atoms with Gasteiger partial charge in [-0.15, -0.1) is 0 Å². The van der Waals surface area contributed by atoms with Crippen molar-refractivity contribution in [3.05, 3.63) is 17.5 Å². The molecule has 1 aliphatic heterocycles. The number of piperazine rings is 1. The third-order valence-corrected chi connectivity index (χ3v) is 4.29. The molecule has 7 heteroatoms. The summed E-state index contributed by atoms with van der Waals surface area (Å²) in [6.07, 6.45) is 2.67. The van der Waals surface area contributed by atoms with Crippen LogP contribution in [0.1, 0.15) is 29.4 Å². The quantitative estimate of drug-likeness (QED) is 0.790. The average molecular weight is 321 g/mol. The highest BCUT2D eigenvalue weighted by atomic mass is 16.2. The van der Waals surface area contributed by atoms with Crippen LogP contribution in [-0.4, -0.2) is 83.1 Å². The van der Waals surface area contributed by atoms with Crippen LogP contribution in [-0.2, 0) is 11.3 Å². The Morgan fingerprint density at radius 2 is 1.87 bits per heavy atom. The monoisotopic (exact) mass is 321 g/mol. The van der Waals surface area contributed by atoms with Crippen LogP contribution in [0.25, 0.3) is 0 Å². The molecule has 2 rings (SSSR count). The van der Waals surface area contributed by atoms with E-state index in [0.717, 1.165) is 31.7 Å². The van der Waals surface area contributed by atoms with Gasteiger partial charge in [-0.2, -0.15) is 5.10 Å². The number of hydrogen-bond donors (Lipinski definition) is 0. The molecule has 0 saturated carbocycles. The van der Waals surface area contributed by atoms with Crippen molar-refractivity contribution in [1.29, 1.82) is 0 Å². The minimum absolute atomic E-state index is 0.0449. The summed E-state index contributed by atoms with van der Waals surface area (Å²) in [4.78, 5) is 30.0. The molecule has 1 aromatic rings. The van der Waals surface area contributed by atoms with Gasteiger partial charge in [0.25, 0.3) is 5.91 Å². The van der Waals surface area contributed by atoms with Gasteiger partial charge in [0, 0.05) is 52.5 Å². The number of nitrogens with zero attached hydrogens (tertiary/aromatic N) is 5. The Kier molecular flexibility index (Phi) is 5.76. The Morgan fingerprint density at radius 1 is 1.22 bits per heavy atom. The average Bonchev–Trinajstić information content (AvgIpc) is 2.89. The molecule has 2 heterocycles. The summed E-state index contributed by atoms with van der Waals surface area (Å²) in [5.74, 6) is 0.143. The zero-order valence-corrected chi connectivity index (χ0v) is 14.6. The number of aromatic nitrogens is 2.